The molecule has 0 amide bonds. The Kier molecular flexibility index (Phi) is 1.31. The van der Waals surface area contributed by atoms with Crippen LogP contribution in [0.5, 0.6) is 0 Å². The lowest BCUT2D eigenvalue weighted by atomic mass is 10.3. The van der Waals surface area contributed by atoms with Gasteiger partial charge >= 0.3 is 0 Å². The standard InChI is InChI=1S/C6H11N3O/c1-3-5(10)4(7)6(8)9(3)2/h3,8,10H,7H2,1-2H3. The first-order valence-corrected chi connectivity index (χ1v) is 3.06. The maximum atomic E-state index is 9.18. The molecule has 0 aromatic heterocycles. The zero-order valence-corrected chi connectivity index (χ0v) is 6.05. The molecule has 0 radical (unpaired) electrons. The van der Waals surface area contributed by atoms with Gasteiger partial charge in [-0.2, -0.15) is 0 Å². The predicted molar refractivity (Wildman–Crippen MR) is 38.8 cm³/mol. The second-order valence-electron chi connectivity index (χ2n) is 2.43. The van der Waals surface area contributed by atoms with E-state index in [1.165, 1.54) is 0 Å². The third-order valence-electron chi connectivity index (χ3n) is 1.86. The van der Waals surface area contributed by atoms with E-state index in [4.69, 9.17) is 11.1 Å². The zero-order valence-electron chi connectivity index (χ0n) is 6.05. The number of nitrogens with zero attached hydrogens (tertiary/aromatic N) is 1. The Morgan fingerprint density at radius 3 is 2.30 bits per heavy atom. The quantitative estimate of drug-likeness (QED) is 0.445. The number of likely N-dealkylation sites (N-methyl/N-ethyl adjacent to an activating group) is 1. The molecule has 0 aromatic carbocycles. The van der Waals surface area contributed by atoms with Crippen LogP contribution in [0.4, 0.5) is 0 Å². The van der Waals surface area contributed by atoms with Crippen LogP contribution in [0.3, 0.4) is 0 Å². The normalized spacial score (nSPS) is 26.4. The molecule has 1 rings (SSSR count). The first kappa shape index (κ1) is 6.92. The highest BCUT2D eigenvalue weighted by Crippen LogP contribution is 2.17. The number of nitrogens with two attached hydrogens (primary N) is 1. The summed E-state index contributed by atoms with van der Waals surface area (Å²) in [6.07, 6.45) is 0. The smallest absolute Gasteiger partial charge is 0.148 e. The Morgan fingerprint density at radius 1 is 1.70 bits per heavy atom. The van der Waals surface area contributed by atoms with Crippen molar-refractivity contribution in [1.29, 1.82) is 5.41 Å². The summed E-state index contributed by atoms with van der Waals surface area (Å²) in [7, 11) is 1.73. The molecule has 4 heteroatoms. The first-order valence-electron chi connectivity index (χ1n) is 3.06. The third-order valence-corrected chi connectivity index (χ3v) is 1.86. The van der Waals surface area contributed by atoms with Crippen molar-refractivity contribution in [3.05, 3.63) is 11.5 Å². The SMILES string of the molecule is CC1C(O)=C(N)C(=N)N1C. The molecule has 4 N–H and O–H groups in total. The average molecular weight is 141 g/mol. The van der Waals surface area contributed by atoms with Gasteiger partial charge in [0, 0.05) is 7.05 Å². The van der Waals surface area contributed by atoms with Crippen molar-refractivity contribution < 1.29 is 5.11 Å². The summed E-state index contributed by atoms with van der Waals surface area (Å²) < 4.78 is 0. The molecule has 0 saturated heterocycles. The molecule has 1 aliphatic rings. The van der Waals surface area contributed by atoms with Gasteiger partial charge in [-0.3, -0.25) is 5.41 Å². The molecule has 4 nitrogen and oxygen atoms in total. The second-order valence-corrected chi connectivity index (χ2v) is 2.43. The number of hydrogen-bond donors (Lipinski definition) is 3. The summed E-state index contributed by atoms with van der Waals surface area (Å²) in [5.41, 5.74) is 5.56. The molecule has 0 saturated carbocycles. The van der Waals surface area contributed by atoms with Gasteiger partial charge in [-0.05, 0) is 6.92 Å². The van der Waals surface area contributed by atoms with Gasteiger partial charge in [-0.1, -0.05) is 0 Å². The van der Waals surface area contributed by atoms with E-state index in [0.717, 1.165) is 0 Å². The Hall–Kier alpha value is -1.19. The van der Waals surface area contributed by atoms with Crippen LogP contribution < -0.4 is 5.73 Å². The van der Waals surface area contributed by atoms with Crippen molar-refractivity contribution in [2.45, 2.75) is 13.0 Å². The van der Waals surface area contributed by atoms with E-state index < -0.39 is 0 Å². The van der Waals surface area contributed by atoms with Crippen molar-refractivity contribution in [3.8, 4) is 0 Å². The molecule has 56 valence electrons. The molecule has 0 aromatic rings. The lowest BCUT2D eigenvalue weighted by Gasteiger charge is -2.16. The van der Waals surface area contributed by atoms with Crippen LogP contribution in [0.25, 0.3) is 0 Å². The van der Waals surface area contributed by atoms with Crippen LogP contribution in [0.1, 0.15) is 6.92 Å². The Morgan fingerprint density at radius 2 is 2.20 bits per heavy atom. The monoisotopic (exact) mass is 141 g/mol. The first-order chi connectivity index (χ1) is 4.55. The minimum absolute atomic E-state index is 0.104. The van der Waals surface area contributed by atoms with Crippen LogP contribution in [-0.4, -0.2) is 28.9 Å². The minimum atomic E-state index is -0.146. The van der Waals surface area contributed by atoms with Crippen molar-refractivity contribution in [2.75, 3.05) is 7.05 Å². The summed E-state index contributed by atoms with van der Waals surface area (Å²) >= 11 is 0. The fourth-order valence-corrected chi connectivity index (χ4v) is 0.913. The second kappa shape index (κ2) is 1.90. The molecule has 0 bridgehead atoms. The molecule has 1 aliphatic heterocycles. The Labute approximate surface area is 59.4 Å². The van der Waals surface area contributed by atoms with E-state index in [-0.39, 0.29) is 23.3 Å². The van der Waals surface area contributed by atoms with Crippen molar-refractivity contribution in [2.24, 2.45) is 5.73 Å². The maximum absolute atomic E-state index is 9.18. The summed E-state index contributed by atoms with van der Waals surface area (Å²) in [4.78, 5) is 1.62. The Balaban J connectivity index is 2.99. The highest BCUT2D eigenvalue weighted by atomic mass is 16.3. The fraction of sp³-hybridized carbons (Fsp3) is 0.500. The van der Waals surface area contributed by atoms with Crippen LogP contribution in [-0.2, 0) is 0 Å². The van der Waals surface area contributed by atoms with Crippen LogP contribution in [0, 0.1) is 5.41 Å². The highest BCUT2D eigenvalue weighted by Gasteiger charge is 2.28. The fourth-order valence-electron chi connectivity index (χ4n) is 0.913. The number of aliphatic hydroxyl groups is 1. The summed E-state index contributed by atoms with van der Waals surface area (Å²) in [6, 6.07) is -0.146. The van der Waals surface area contributed by atoms with E-state index in [1.807, 2.05) is 0 Å². The minimum Gasteiger partial charge on any atom is -0.508 e. The van der Waals surface area contributed by atoms with Gasteiger partial charge in [0.25, 0.3) is 0 Å². The summed E-state index contributed by atoms with van der Waals surface area (Å²) in [6.45, 7) is 1.80. The largest absolute Gasteiger partial charge is 0.508 e. The highest BCUT2D eigenvalue weighted by molar-refractivity contribution is 5.98. The van der Waals surface area contributed by atoms with E-state index in [0.29, 0.717) is 0 Å². The van der Waals surface area contributed by atoms with Gasteiger partial charge in [0.2, 0.25) is 0 Å². The van der Waals surface area contributed by atoms with E-state index in [9.17, 15) is 5.11 Å². The van der Waals surface area contributed by atoms with Crippen molar-refractivity contribution in [3.63, 3.8) is 0 Å². The van der Waals surface area contributed by atoms with Gasteiger partial charge in [0.1, 0.15) is 17.3 Å². The Bertz CT molecular complexity index is 209. The predicted octanol–water partition coefficient (Wildman–Crippen LogP) is 0.0259. The van der Waals surface area contributed by atoms with Crippen molar-refractivity contribution in [1.82, 2.24) is 4.90 Å². The number of rotatable bonds is 0. The molecule has 0 spiro atoms. The van der Waals surface area contributed by atoms with Crippen molar-refractivity contribution >= 4 is 5.84 Å². The van der Waals surface area contributed by atoms with E-state index in [2.05, 4.69) is 0 Å². The number of nitrogens with one attached hydrogen (secondary N) is 1. The summed E-state index contributed by atoms with van der Waals surface area (Å²) in [5.74, 6) is 0.303. The van der Waals surface area contributed by atoms with Crippen LogP contribution >= 0.6 is 0 Å². The molecule has 1 atom stereocenters. The summed E-state index contributed by atoms with van der Waals surface area (Å²) in [5, 5.41) is 16.5. The average Bonchev–Trinajstić information content (AvgIpc) is 2.07. The van der Waals surface area contributed by atoms with Gasteiger partial charge in [0.05, 0.1) is 6.04 Å². The van der Waals surface area contributed by atoms with Gasteiger partial charge in [0.15, 0.2) is 0 Å². The maximum Gasteiger partial charge on any atom is 0.148 e. The molecule has 0 aliphatic carbocycles. The number of aliphatic hydroxyl groups excluding tert-OH is 1. The van der Waals surface area contributed by atoms with Gasteiger partial charge in [-0.25, -0.2) is 0 Å². The molecule has 1 heterocycles. The zero-order chi connectivity index (χ0) is 7.89. The van der Waals surface area contributed by atoms with Crippen LogP contribution in [0.2, 0.25) is 0 Å². The lowest BCUT2D eigenvalue weighted by Crippen LogP contribution is -2.29. The molecule has 0 fully saturated rings. The van der Waals surface area contributed by atoms with E-state index in [1.54, 1.807) is 18.9 Å². The topological polar surface area (TPSA) is 73.3 Å². The molecule has 10 heavy (non-hydrogen) atoms. The molecular formula is C6H11N3O. The van der Waals surface area contributed by atoms with Crippen LogP contribution in [0.15, 0.2) is 11.5 Å². The molecule has 1 unspecified atom stereocenters. The van der Waals surface area contributed by atoms with Gasteiger partial charge < -0.3 is 15.7 Å². The third kappa shape index (κ3) is 0.650. The number of hydrogen-bond acceptors (Lipinski definition) is 3. The molecular weight excluding hydrogens is 130 g/mol. The number of amidine groups is 1. The van der Waals surface area contributed by atoms with Gasteiger partial charge in [-0.15, -0.1) is 0 Å². The lowest BCUT2D eigenvalue weighted by molar-refractivity contribution is 0.311. The van der Waals surface area contributed by atoms with E-state index >= 15 is 0 Å².